The summed E-state index contributed by atoms with van der Waals surface area (Å²) in [5.41, 5.74) is 1.10. The van der Waals surface area contributed by atoms with Crippen LogP contribution in [0, 0.1) is 5.82 Å². The van der Waals surface area contributed by atoms with E-state index in [1.54, 1.807) is 0 Å². The van der Waals surface area contributed by atoms with Gasteiger partial charge in [-0.15, -0.1) is 24.0 Å². The standard InChI is InChI=1S/C22H36FN5O2.HI/c1-2-24-22(25-9-3-16-30-21-8-17-29-18-21)26-10-11-27-12-14-28(15-13-27)20-6-4-19(23)5-7-20;/h4-7,21H,2-3,8-18H2,1H3,(H2,24,25,26);1H. The van der Waals surface area contributed by atoms with E-state index < -0.39 is 0 Å². The maximum Gasteiger partial charge on any atom is 0.191 e. The Hall–Kier alpha value is -1.17. The van der Waals surface area contributed by atoms with Crippen LogP contribution in [0.4, 0.5) is 10.1 Å². The zero-order chi connectivity index (χ0) is 21.0. The highest BCUT2D eigenvalue weighted by Gasteiger charge is 2.17. The Labute approximate surface area is 202 Å². The first kappa shape index (κ1) is 26.1. The average molecular weight is 549 g/mol. The number of rotatable bonds is 10. The molecule has 0 amide bonds. The van der Waals surface area contributed by atoms with Gasteiger partial charge >= 0.3 is 0 Å². The molecule has 0 aliphatic carbocycles. The van der Waals surface area contributed by atoms with Crippen LogP contribution in [0.2, 0.25) is 0 Å². The molecule has 2 fully saturated rings. The Bertz CT molecular complexity index is 635. The molecule has 2 saturated heterocycles. The van der Waals surface area contributed by atoms with Gasteiger partial charge in [0.05, 0.1) is 12.7 Å². The SMILES string of the molecule is CCNC(=NCCCOC1CCOC1)NCCN1CCN(c2ccc(F)cc2)CC1.I. The molecule has 0 bridgehead atoms. The summed E-state index contributed by atoms with van der Waals surface area (Å²) in [6.07, 6.45) is 2.19. The third-order valence-corrected chi connectivity index (χ3v) is 5.44. The monoisotopic (exact) mass is 549 g/mol. The second-order valence-electron chi connectivity index (χ2n) is 7.70. The molecule has 0 aromatic heterocycles. The summed E-state index contributed by atoms with van der Waals surface area (Å²) in [6.45, 7) is 11.7. The molecule has 1 aromatic rings. The van der Waals surface area contributed by atoms with E-state index in [-0.39, 0.29) is 35.9 Å². The van der Waals surface area contributed by atoms with E-state index in [1.807, 2.05) is 12.1 Å². The molecule has 0 spiro atoms. The number of benzene rings is 1. The summed E-state index contributed by atoms with van der Waals surface area (Å²) in [4.78, 5) is 9.41. The molecule has 0 radical (unpaired) electrons. The molecule has 2 N–H and O–H groups in total. The van der Waals surface area contributed by atoms with Crippen LogP contribution in [-0.4, -0.2) is 89.1 Å². The van der Waals surface area contributed by atoms with Crippen molar-refractivity contribution in [2.24, 2.45) is 4.99 Å². The molecule has 2 aliphatic heterocycles. The number of hydrogen-bond donors (Lipinski definition) is 2. The molecule has 0 saturated carbocycles. The lowest BCUT2D eigenvalue weighted by Gasteiger charge is -2.36. The summed E-state index contributed by atoms with van der Waals surface area (Å²) < 4.78 is 24.2. The Morgan fingerprint density at radius 2 is 1.97 bits per heavy atom. The molecule has 2 heterocycles. The van der Waals surface area contributed by atoms with E-state index in [2.05, 4.69) is 32.3 Å². The lowest BCUT2D eigenvalue weighted by Crippen LogP contribution is -2.49. The van der Waals surface area contributed by atoms with Gasteiger partial charge in [-0.2, -0.15) is 0 Å². The number of ether oxygens (including phenoxy) is 2. The second-order valence-corrected chi connectivity index (χ2v) is 7.70. The minimum absolute atomic E-state index is 0. The van der Waals surface area contributed by atoms with Crippen LogP contribution >= 0.6 is 24.0 Å². The quantitative estimate of drug-likeness (QED) is 0.202. The average Bonchev–Trinajstić information content (AvgIpc) is 3.28. The van der Waals surface area contributed by atoms with Gasteiger partial charge in [0.15, 0.2) is 5.96 Å². The minimum atomic E-state index is -0.183. The lowest BCUT2D eigenvalue weighted by molar-refractivity contribution is 0.0424. The number of anilines is 1. The van der Waals surface area contributed by atoms with Gasteiger partial charge in [0.25, 0.3) is 0 Å². The minimum Gasteiger partial charge on any atom is -0.379 e. The number of halogens is 2. The van der Waals surface area contributed by atoms with Gasteiger partial charge in [-0.25, -0.2) is 4.39 Å². The molecule has 176 valence electrons. The first-order valence-electron chi connectivity index (χ1n) is 11.2. The third kappa shape index (κ3) is 9.46. The summed E-state index contributed by atoms with van der Waals surface area (Å²) in [7, 11) is 0. The highest BCUT2D eigenvalue weighted by molar-refractivity contribution is 14.0. The maximum atomic E-state index is 13.1. The lowest BCUT2D eigenvalue weighted by atomic mass is 10.2. The van der Waals surface area contributed by atoms with Crippen LogP contribution in [0.25, 0.3) is 0 Å². The van der Waals surface area contributed by atoms with Gasteiger partial charge < -0.3 is 25.0 Å². The van der Waals surface area contributed by atoms with E-state index in [4.69, 9.17) is 9.47 Å². The predicted octanol–water partition coefficient (Wildman–Crippen LogP) is 2.32. The van der Waals surface area contributed by atoms with Gasteiger partial charge in [-0.3, -0.25) is 9.89 Å². The van der Waals surface area contributed by atoms with Crippen molar-refractivity contribution in [1.29, 1.82) is 0 Å². The van der Waals surface area contributed by atoms with Crippen LogP contribution in [0.3, 0.4) is 0 Å². The van der Waals surface area contributed by atoms with E-state index in [0.717, 1.165) is 96.7 Å². The number of hydrogen-bond acceptors (Lipinski definition) is 5. The molecular weight excluding hydrogens is 512 g/mol. The molecule has 3 rings (SSSR count). The number of nitrogens with zero attached hydrogens (tertiary/aromatic N) is 3. The van der Waals surface area contributed by atoms with E-state index in [1.165, 1.54) is 12.1 Å². The largest absolute Gasteiger partial charge is 0.379 e. The van der Waals surface area contributed by atoms with Crippen molar-refractivity contribution in [3.63, 3.8) is 0 Å². The number of nitrogens with one attached hydrogen (secondary N) is 2. The van der Waals surface area contributed by atoms with Crippen LogP contribution in [0.15, 0.2) is 29.3 Å². The van der Waals surface area contributed by atoms with Gasteiger partial charge in [-0.05, 0) is 44.0 Å². The van der Waals surface area contributed by atoms with Crippen LogP contribution in [0.1, 0.15) is 19.8 Å². The Kier molecular flexibility index (Phi) is 12.5. The van der Waals surface area contributed by atoms with E-state index >= 15 is 0 Å². The third-order valence-electron chi connectivity index (χ3n) is 5.44. The number of aliphatic imine (C=N–C) groups is 1. The zero-order valence-electron chi connectivity index (χ0n) is 18.5. The topological polar surface area (TPSA) is 61.4 Å². The fourth-order valence-electron chi connectivity index (χ4n) is 3.71. The fraction of sp³-hybridized carbons (Fsp3) is 0.682. The van der Waals surface area contributed by atoms with Crippen molar-refractivity contribution >= 4 is 35.6 Å². The fourth-order valence-corrected chi connectivity index (χ4v) is 3.71. The van der Waals surface area contributed by atoms with Crippen LogP contribution in [0.5, 0.6) is 0 Å². The normalized spacial score (nSPS) is 19.9. The molecular formula is C22H37FIN5O2. The van der Waals surface area contributed by atoms with Crippen molar-refractivity contribution < 1.29 is 13.9 Å². The number of guanidine groups is 1. The van der Waals surface area contributed by atoms with Crippen molar-refractivity contribution in [1.82, 2.24) is 15.5 Å². The van der Waals surface area contributed by atoms with Crippen molar-refractivity contribution in [2.75, 3.05) is 77.1 Å². The van der Waals surface area contributed by atoms with Crippen LogP contribution in [-0.2, 0) is 9.47 Å². The smallest absolute Gasteiger partial charge is 0.191 e. The van der Waals surface area contributed by atoms with Gasteiger partial charge in [-0.1, -0.05) is 0 Å². The van der Waals surface area contributed by atoms with Crippen molar-refractivity contribution in [2.45, 2.75) is 25.9 Å². The predicted molar refractivity (Wildman–Crippen MR) is 134 cm³/mol. The van der Waals surface area contributed by atoms with Gasteiger partial charge in [0.2, 0.25) is 0 Å². The summed E-state index contributed by atoms with van der Waals surface area (Å²) in [5, 5.41) is 6.74. The molecule has 7 nitrogen and oxygen atoms in total. The zero-order valence-corrected chi connectivity index (χ0v) is 20.9. The molecule has 1 unspecified atom stereocenters. The van der Waals surface area contributed by atoms with Gasteiger partial charge in [0, 0.05) is 71.3 Å². The van der Waals surface area contributed by atoms with E-state index in [0.29, 0.717) is 0 Å². The maximum absolute atomic E-state index is 13.1. The first-order chi connectivity index (χ1) is 14.7. The van der Waals surface area contributed by atoms with Gasteiger partial charge in [0.1, 0.15) is 5.82 Å². The molecule has 2 aliphatic rings. The molecule has 1 atom stereocenters. The Morgan fingerprint density at radius 3 is 2.65 bits per heavy atom. The Balaban J connectivity index is 0.00000341. The number of piperazine rings is 1. The van der Waals surface area contributed by atoms with Crippen molar-refractivity contribution in [3.05, 3.63) is 30.1 Å². The van der Waals surface area contributed by atoms with Crippen LogP contribution < -0.4 is 15.5 Å². The molecule has 31 heavy (non-hydrogen) atoms. The first-order valence-corrected chi connectivity index (χ1v) is 11.2. The summed E-state index contributed by atoms with van der Waals surface area (Å²) in [5.74, 6) is 0.684. The summed E-state index contributed by atoms with van der Waals surface area (Å²) in [6, 6.07) is 6.78. The highest BCUT2D eigenvalue weighted by Crippen LogP contribution is 2.16. The Morgan fingerprint density at radius 1 is 1.19 bits per heavy atom. The second kappa shape index (κ2) is 14.8. The van der Waals surface area contributed by atoms with E-state index in [9.17, 15) is 4.39 Å². The molecule has 1 aromatic carbocycles. The molecule has 9 heteroatoms. The summed E-state index contributed by atoms with van der Waals surface area (Å²) >= 11 is 0. The highest BCUT2D eigenvalue weighted by atomic mass is 127. The van der Waals surface area contributed by atoms with Crippen molar-refractivity contribution in [3.8, 4) is 0 Å².